The molecule has 0 aliphatic carbocycles. The van der Waals surface area contributed by atoms with Crippen LogP contribution < -0.4 is 15.5 Å². The molecule has 3 N–H and O–H groups in total. The van der Waals surface area contributed by atoms with Gasteiger partial charge in [-0.1, -0.05) is 6.07 Å². The fourth-order valence-corrected chi connectivity index (χ4v) is 2.23. The normalized spacial score (nSPS) is 12.7. The van der Waals surface area contributed by atoms with Crippen LogP contribution >= 0.6 is 0 Å². The molecule has 7 nitrogen and oxygen atoms in total. The predicted molar refractivity (Wildman–Crippen MR) is 76.5 cm³/mol. The minimum Gasteiger partial charge on any atom is -0.478 e. The summed E-state index contributed by atoms with van der Waals surface area (Å²) in [7, 11) is 0. The number of hydrogen-bond donors (Lipinski definition) is 3. The van der Waals surface area contributed by atoms with Gasteiger partial charge in [0.15, 0.2) is 0 Å². The zero-order chi connectivity index (χ0) is 15.4. The lowest BCUT2D eigenvalue weighted by Crippen LogP contribution is -2.42. The van der Waals surface area contributed by atoms with E-state index in [1.807, 2.05) is 0 Å². The average Bonchev–Trinajstić information content (AvgIpc) is 2.86. The highest BCUT2D eigenvalue weighted by Crippen LogP contribution is 2.29. The SMILES string of the molecule is CC(=O)NCCNC(=O)N1CCc2ccc(C(=O)O)cc21. The molecule has 3 amide bonds. The molecule has 7 heteroatoms. The third kappa shape index (κ3) is 3.50. The molecule has 0 atom stereocenters. The smallest absolute Gasteiger partial charge is 0.335 e. The summed E-state index contributed by atoms with van der Waals surface area (Å²) in [6, 6.07) is 4.50. The lowest BCUT2D eigenvalue weighted by Gasteiger charge is -2.18. The summed E-state index contributed by atoms with van der Waals surface area (Å²) in [6.45, 7) is 2.61. The topological polar surface area (TPSA) is 98.7 Å². The number of amides is 3. The Balaban J connectivity index is 2.00. The highest BCUT2D eigenvalue weighted by molar-refractivity contribution is 5.97. The van der Waals surface area contributed by atoms with Crippen LogP contribution in [0.4, 0.5) is 10.5 Å². The zero-order valence-electron chi connectivity index (χ0n) is 11.7. The number of benzene rings is 1. The molecule has 2 rings (SSSR count). The predicted octanol–water partition coefficient (Wildman–Crippen LogP) is 0.593. The third-order valence-corrected chi connectivity index (χ3v) is 3.25. The van der Waals surface area contributed by atoms with Gasteiger partial charge < -0.3 is 15.7 Å². The number of rotatable bonds is 4. The molecule has 1 aliphatic heterocycles. The molecule has 0 fully saturated rings. The van der Waals surface area contributed by atoms with E-state index in [1.54, 1.807) is 12.1 Å². The van der Waals surface area contributed by atoms with Gasteiger partial charge in [-0.2, -0.15) is 0 Å². The summed E-state index contributed by atoms with van der Waals surface area (Å²) in [5, 5.41) is 14.3. The molecule has 0 unspecified atom stereocenters. The summed E-state index contributed by atoms with van der Waals surface area (Å²) < 4.78 is 0. The number of aromatic carboxylic acids is 1. The van der Waals surface area contributed by atoms with Crippen LogP contribution in [0.3, 0.4) is 0 Å². The minimum absolute atomic E-state index is 0.151. The first-order valence-corrected chi connectivity index (χ1v) is 6.65. The van der Waals surface area contributed by atoms with Gasteiger partial charge in [0, 0.05) is 32.2 Å². The van der Waals surface area contributed by atoms with Crippen molar-refractivity contribution in [3.63, 3.8) is 0 Å². The van der Waals surface area contributed by atoms with Crippen molar-refractivity contribution in [1.82, 2.24) is 10.6 Å². The number of nitrogens with one attached hydrogen (secondary N) is 2. The van der Waals surface area contributed by atoms with Gasteiger partial charge in [0.05, 0.1) is 5.56 Å². The van der Waals surface area contributed by atoms with Gasteiger partial charge in [-0.3, -0.25) is 9.69 Å². The second kappa shape index (κ2) is 6.25. The molecule has 0 radical (unpaired) electrons. The number of carboxylic acid groups (broad SMARTS) is 1. The van der Waals surface area contributed by atoms with Crippen LogP contribution in [-0.4, -0.2) is 42.6 Å². The zero-order valence-corrected chi connectivity index (χ0v) is 11.7. The Hall–Kier alpha value is -2.57. The molecule has 21 heavy (non-hydrogen) atoms. The van der Waals surface area contributed by atoms with Gasteiger partial charge in [-0.15, -0.1) is 0 Å². The summed E-state index contributed by atoms with van der Waals surface area (Å²) in [6.07, 6.45) is 0.703. The monoisotopic (exact) mass is 291 g/mol. The lowest BCUT2D eigenvalue weighted by atomic mass is 10.1. The maximum absolute atomic E-state index is 12.1. The maximum Gasteiger partial charge on any atom is 0.335 e. The maximum atomic E-state index is 12.1. The van der Waals surface area contributed by atoms with Gasteiger partial charge >= 0.3 is 12.0 Å². The highest BCUT2D eigenvalue weighted by Gasteiger charge is 2.25. The number of hydrogen-bond acceptors (Lipinski definition) is 3. The fraction of sp³-hybridized carbons (Fsp3) is 0.357. The van der Waals surface area contributed by atoms with E-state index in [2.05, 4.69) is 10.6 Å². The van der Waals surface area contributed by atoms with Gasteiger partial charge in [-0.25, -0.2) is 9.59 Å². The number of carboxylic acids is 1. The molecular formula is C14H17N3O4. The first-order chi connectivity index (χ1) is 9.99. The number of fused-ring (bicyclic) bond motifs is 1. The van der Waals surface area contributed by atoms with Crippen molar-refractivity contribution in [2.75, 3.05) is 24.5 Å². The Morgan fingerprint density at radius 1 is 1.24 bits per heavy atom. The van der Waals surface area contributed by atoms with E-state index in [0.29, 0.717) is 31.7 Å². The summed E-state index contributed by atoms with van der Waals surface area (Å²) in [5.41, 5.74) is 1.75. The summed E-state index contributed by atoms with van der Waals surface area (Å²) in [4.78, 5) is 35.3. The molecule has 1 heterocycles. The Labute approximate surface area is 121 Å². The fourth-order valence-electron chi connectivity index (χ4n) is 2.23. The van der Waals surface area contributed by atoms with E-state index in [9.17, 15) is 14.4 Å². The molecule has 1 aliphatic rings. The third-order valence-electron chi connectivity index (χ3n) is 3.25. The van der Waals surface area contributed by atoms with Crippen molar-refractivity contribution in [2.24, 2.45) is 0 Å². The van der Waals surface area contributed by atoms with Gasteiger partial charge in [-0.05, 0) is 24.1 Å². The first kappa shape index (κ1) is 14.8. The number of urea groups is 1. The van der Waals surface area contributed by atoms with Crippen LogP contribution in [-0.2, 0) is 11.2 Å². The Bertz CT molecular complexity index is 586. The Kier molecular flexibility index (Phi) is 4.42. The Morgan fingerprint density at radius 3 is 2.62 bits per heavy atom. The lowest BCUT2D eigenvalue weighted by molar-refractivity contribution is -0.118. The number of carbonyl (C=O) groups excluding carboxylic acids is 2. The molecule has 1 aromatic carbocycles. The molecule has 0 saturated heterocycles. The number of carbonyl (C=O) groups is 3. The van der Waals surface area contributed by atoms with Crippen LogP contribution in [0.15, 0.2) is 18.2 Å². The highest BCUT2D eigenvalue weighted by atomic mass is 16.4. The average molecular weight is 291 g/mol. The van der Waals surface area contributed by atoms with Crippen LogP contribution in [0.5, 0.6) is 0 Å². The van der Waals surface area contributed by atoms with Crippen molar-refractivity contribution < 1.29 is 19.5 Å². The molecular weight excluding hydrogens is 274 g/mol. The number of nitrogens with zero attached hydrogens (tertiary/aromatic N) is 1. The van der Waals surface area contributed by atoms with E-state index in [1.165, 1.54) is 17.9 Å². The Morgan fingerprint density at radius 2 is 1.95 bits per heavy atom. The van der Waals surface area contributed by atoms with Crippen molar-refractivity contribution in [1.29, 1.82) is 0 Å². The van der Waals surface area contributed by atoms with Gasteiger partial charge in [0.25, 0.3) is 0 Å². The number of anilines is 1. The van der Waals surface area contributed by atoms with Crippen LogP contribution in [0.2, 0.25) is 0 Å². The molecule has 0 aromatic heterocycles. The first-order valence-electron chi connectivity index (χ1n) is 6.65. The largest absolute Gasteiger partial charge is 0.478 e. The van der Waals surface area contributed by atoms with E-state index in [-0.39, 0.29) is 17.5 Å². The van der Waals surface area contributed by atoms with Crippen LogP contribution in [0.1, 0.15) is 22.8 Å². The van der Waals surface area contributed by atoms with E-state index in [0.717, 1.165) is 5.56 Å². The minimum atomic E-state index is -1.02. The van der Waals surface area contributed by atoms with E-state index in [4.69, 9.17) is 5.11 Å². The van der Waals surface area contributed by atoms with Gasteiger partial charge in [0.2, 0.25) is 5.91 Å². The van der Waals surface area contributed by atoms with E-state index < -0.39 is 5.97 Å². The van der Waals surface area contributed by atoms with Crippen LogP contribution in [0, 0.1) is 0 Å². The van der Waals surface area contributed by atoms with Crippen LogP contribution in [0.25, 0.3) is 0 Å². The standard InChI is InChI=1S/C14H17N3O4/c1-9(18)15-5-6-16-14(21)17-7-4-10-2-3-11(13(19)20)8-12(10)17/h2-3,8H,4-7H2,1H3,(H,15,18)(H,16,21)(H,19,20). The van der Waals surface area contributed by atoms with Crippen molar-refractivity contribution in [3.8, 4) is 0 Å². The molecule has 0 spiro atoms. The molecule has 1 aromatic rings. The summed E-state index contributed by atoms with van der Waals surface area (Å²) in [5.74, 6) is -1.17. The second-order valence-electron chi connectivity index (χ2n) is 4.77. The summed E-state index contributed by atoms with van der Waals surface area (Å²) >= 11 is 0. The van der Waals surface area contributed by atoms with Crippen molar-refractivity contribution in [2.45, 2.75) is 13.3 Å². The second-order valence-corrected chi connectivity index (χ2v) is 4.77. The quantitative estimate of drug-likeness (QED) is 0.707. The van der Waals surface area contributed by atoms with Crippen molar-refractivity contribution in [3.05, 3.63) is 29.3 Å². The molecule has 0 saturated carbocycles. The molecule has 112 valence electrons. The van der Waals surface area contributed by atoms with Crippen molar-refractivity contribution >= 4 is 23.6 Å². The van der Waals surface area contributed by atoms with E-state index >= 15 is 0 Å². The molecule has 0 bridgehead atoms. The van der Waals surface area contributed by atoms with Gasteiger partial charge in [0.1, 0.15) is 0 Å².